The predicted molar refractivity (Wildman–Crippen MR) is 129 cm³/mol. The number of rotatable bonds is 7. The number of anilines is 2. The van der Waals surface area contributed by atoms with Crippen LogP contribution in [0.4, 0.5) is 10.8 Å². The number of halogens is 1. The van der Waals surface area contributed by atoms with Gasteiger partial charge in [0.05, 0.1) is 26.5 Å². The van der Waals surface area contributed by atoms with Crippen molar-refractivity contribution in [1.82, 2.24) is 9.88 Å². The van der Waals surface area contributed by atoms with Gasteiger partial charge in [0.2, 0.25) is 5.91 Å². The number of aromatic nitrogens is 1. The molecule has 0 spiro atoms. The molecule has 0 radical (unpaired) electrons. The van der Waals surface area contributed by atoms with Gasteiger partial charge >= 0.3 is 0 Å². The summed E-state index contributed by atoms with van der Waals surface area (Å²) < 4.78 is 10.7. The van der Waals surface area contributed by atoms with Gasteiger partial charge in [-0.05, 0) is 30.3 Å². The van der Waals surface area contributed by atoms with Gasteiger partial charge < -0.3 is 19.7 Å². The quantitative estimate of drug-likeness (QED) is 0.554. The van der Waals surface area contributed by atoms with Crippen LogP contribution in [0.5, 0.6) is 11.5 Å². The minimum Gasteiger partial charge on any atom is -0.497 e. The highest BCUT2D eigenvalue weighted by Gasteiger charge is 2.20. The van der Waals surface area contributed by atoms with Gasteiger partial charge in [0, 0.05) is 53.9 Å². The molecule has 3 aromatic rings. The molecule has 0 aliphatic carbocycles. The van der Waals surface area contributed by atoms with Crippen molar-refractivity contribution in [2.45, 2.75) is 0 Å². The van der Waals surface area contributed by atoms with Gasteiger partial charge in [0.15, 0.2) is 5.13 Å². The summed E-state index contributed by atoms with van der Waals surface area (Å²) in [5, 5.41) is 6.13. The van der Waals surface area contributed by atoms with E-state index in [4.69, 9.17) is 21.1 Å². The lowest BCUT2D eigenvalue weighted by atomic mass is 10.1. The molecule has 1 saturated heterocycles. The molecule has 0 saturated carbocycles. The van der Waals surface area contributed by atoms with Gasteiger partial charge in [-0.2, -0.15) is 0 Å². The molecule has 7 nitrogen and oxygen atoms in total. The first kappa shape index (κ1) is 22.4. The number of nitrogens with zero attached hydrogens (tertiary/aromatic N) is 3. The molecule has 1 N–H and O–H groups in total. The van der Waals surface area contributed by atoms with Crippen LogP contribution in [-0.4, -0.2) is 62.7 Å². The number of carbonyl (C=O) groups is 1. The highest BCUT2D eigenvalue weighted by molar-refractivity contribution is 7.14. The third-order valence-electron chi connectivity index (χ3n) is 5.35. The van der Waals surface area contributed by atoms with Crippen LogP contribution in [0.25, 0.3) is 11.3 Å². The van der Waals surface area contributed by atoms with E-state index >= 15 is 0 Å². The maximum atomic E-state index is 12.6. The maximum Gasteiger partial charge on any atom is 0.240 e. The van der Waals surface area contributed by atoms with Crippen molar-refractivity contribution < 1.29 is 14.3 Å². The molecule has 0 atom stereocenters. The number of benzene rings is 2. The zero-order valence-corrected chi connectivity index (χ0v) is 19.6. The van der Waals surface area contributed by atoms with Crippen LogP contribution in [0.2, 0.25) is 5.02 Å². The molecule has 2 aromatic carbocycles. The second kappa shape index (κ2) is 10.2. The molecular weight excluding hydrogens is 448 g/mol. The first-order valence-electron chi connectivity index (χ1n) is 10.3. The molecule has 1 aromatic heterocycles. The molecule has 4 rings (SSSR count). The van der Waals surface area contributed by atoms with Crippen LogP contribution >= 0.6 is 22.9 Å². The molecule has 1 amide bonds. The summed E-state index contributed by atoms with van der Waals surface area (Å²) in [4.78, 5) is 21.6. The Kier molecular flexibility index (Phi) is 7.14. The number of methoxy groups -OCH3 is 2. The van der Waals surface area contributed by atoms with E-state index in [2.05, 4.69) is 26.2 Å². The highest BCUT2D eigenvalue weighted by Crippen LogP contribution is 2.34. The van der Waals surface area contributed by atoms with Gasteiger partial charge in [-0.15, -0.1) is 11.3 Å². The van der Waals surface area contributed by atoms with Gasteiger partial charge in [-0.1, -0.05) is 17.7 Å². The molecule has 9 heteroatoms. The van der Waals surface area contributed by atoms with Crippen molar-refractivity contribution in [2.24, 2.45) is 0 Å². The van der Waals surface area contributed by atoms with E-state index in [0.717, 1.165) is 48.1 Å². The summed E-state index contributed by atoms with van der Waals surface area (Å²) in [5.74, 6) is 1.32. The molecule has 0 bridgehead atoms. The summed E-state index contributed by atoms with van der Waals surface area (Å²) in [6, 6.07) is 13.4. The first-order valence-corrected chi connectivity index (χ1v) is 11.5. The van der Waals surface area contributed by atoms with Crippen LogP contribution in [0.3, 0.4) is 0 Å². The Morgan fingerprint density at radius 3 is 2.66 bits per heavy atom. The zero-order valence-electron chi connectivity index (χ0n) is 18.0. The minimum absolute atomic E-state index is 0.0659. The third kappa shape index (κ3) is 5.32. The number of ether oxygens (including phenoxy) is 2. The van der Waals surface area contributed by atoms with Crippen molar-refractivity contribution in [3.8, 4) is 22.8 Å². The number of nitrogens with one attached hydrogen (secondary N) is 1. The lowest BCUT2D eigenvalue weighted by Crippen LogP contribution is -2.48. The van der Waals surface area contributed by atoms with Gasteiger partial charge in [0.1, 0.15) is 11.5 Å². The molecule has 2 heterocycles. The highest BCUT2D eigenvalue weighted by atomic mass is 35.5. The fourth-order valence-corrected chi connectivity index (χ4v) is 4.58. The number of amides is 1. The largest absolute Gasteiger partial charge is 0.497 e. The van der Waals surface area contributed by atoms with Crippen LogP contribution in [0.1, 0.15) is 0 Å². The van der Waals surface area contributed by atoms with E-state index < -0.39 is 0 Å². The van der Waals surface area contributed by atoms with Crippen LogP contribution in [0.15, 0.2) is 47.8 Å². The average Bonchev–Trinajstić information content (AvgIpc) is 3.27. The van der Waals surface area contributed by atoms with E-state index in [0.29, 0.717) is 23.2 Å². The monoisotopic (exact) mass is 472 g/mol. The second-order valence-corrected chi connectivity index (χ2v) is 8.69. The normalized spacial score (nSPS) is 14.3. The van der Waals surface area contributed by atoms with Crippen molar-refractivity contribution >= 4 is 39.7 Å². The molecule has 1 aliphatic rings. The molecular formula is C23H25ClN4O3S. The van der Waals surface area contributed by atoms with Gasteiger partial charge in [-0.25, -0.2) is 4.98 Å². The maximum absolute atomic E-state index is 12.6. The number of piperazine rings is 1. The van der Waals surface area contributed by atoms with E-state index in [1.165, 1.54) is 11.3 Å². The number of hydrogen-bond acceptors (Lipinski definition) is 7. The minimum atomic E-state index is -0.0659. The number of thiazole rings is 1. The predicted octanol–water partition coefficient (Wildman–Crippen LogP) is 4.24. The lowest BCUT2D eigenvalue weighted by Gasteiger charge is -2.35. The van der Waals surface area contributed by atoms with Crippen molar-refractivity contribution in [3.63, 3.8) is 0 Å². The third-order valence-corrected chi connectivity index (χ3v) is 6.34. The molecule has 1 fully saturated rings. The smallest absolute Gasteiger partial charge is 0.240 e. The number of hydrogen-bond donors (Lipinski definition) is 1. The van der Waals surface area contributed by atoms with Crippen molar-refractivity contribution in [3.05, 3.63) is 52.9 Å². The van der Waals surface area contributed by atoms with E-state index in [1.807, 2.05) is 41.8 Å². The Hall–Kier alpha value is -2.81. The van der Waals surface area contributed by atoms with Gasteiger partial charge in [0.25, 0.3) is 0 Å². The van der Waals surface area contributed by atoms with Crippen molar-refractivity contribution in [1.29, 1.82) is 0 Å². The molecule has 168 valence electrons. The fraction of sp³-hybridized carbons (Fsp3) is 0.304. The van der Waals surface area contributed by atoms with Crippen molar-refractivity contribution in [2.75, 3.05) is 57.2 Å². The lowest BCUT2D eigenvalue weighted by molar-refractivity contribution is -0.117. The first-order chi connectivity index (χ1) is 15.6. The Morgan fingerprint density at radius 1 is 1.12 bits per heavy atom. The Balaban J connectivity index is 1.32. The topological polar surface area (TPSA) is 66.9 Å². The van der Waals surface area contributed by atoms with E-state index in [-0.39, 0.29) is 5.91 Å². The summed E-state index contributed by atoms with van der Waals surface area (Å²) in [7, 11) is 3.22. The van der Waals surface area contributed by atoms with Gasteiger partial charge in [-0.3, -0.25) is 9.69 Å². The van der Waals surface area contributed by atoms with Crippen LogP contribution in [0, 0.1) is 0 Å². The number of carbonyl (C=O) groups excluding carboxylic acids is 1. The van der Waals surface area contributed by atoms with Crippen LogP contribution < -0.4 is 19.7 Å². The Bertz CT molecular complexity index is 1080. The summed E-state index contributed by atoms with van der Waals surface area (Å²) >= 11 is 7.50. The SMILES string of the molecule is COc1ccc(-c2csc(NC(=O)CN3CCN(c4cccc(Cl)c4)CC3)n2)c(OC)c1. The summed E-state index contributed by atoms with van der Waals surface area (Å²) in [5.41, 5.74) is 2.72. The fourth-order valence-electron chi connectivity index (χ4n) is 3.66. The average molecular weight is 473 g/mol. The molecule has 32 heavy (non-hydrogen) atoms. The van der Waals surface area contributed by atoms with Crippen LogP contribution in [-0.2, 0) is 4.79 Å². The Morgan fingerprint density at radius 2 is 1.94 bits per heavy atom. The second-order valence-electron chi connectivity index (χ2n) is 7.40. The van der Waals surface area contributed by atoms with E-state index in [9.17, 15) is 4.79 Å². The molecule has 0 unspecified atom stereocenters. The Labute approximate surface area is 196 Å². The standard InChI is InChI=1S/C23H25ClN4O3S/c1-30-18-6-7-19(21(13-18)31-2)20-15-32-23(25-20)26-22(29)14-27-8-10-28(11-9-27)17-5-3-4-16(24)12-17/h3-7,12-13,15H,8-11,14H2,1-2H3,(H,25,26,29). The van der Waals surface area contributed by atoms with E-state index in [1.54, 1.807) is 14.2 Å². The summed E-state index contributed by atoms with van der Waals surface area (Å²) in [6.07, 6.45) is 0. The summed E-state index contributed by atoms with van der Waals surface area (Å²) in [6.45, 7) is 3.67. The molecule has 1 aliphatic heterocycles. The zero-order chi connectivity index (χ0) is 22.5.